The Morgan fingerprint density at radius 2 is 1.74 bits per heavy atom. The number of hydrazine groups is 1. The third kappa shape index (κ3) is 3.07. The Morgan fingerprint density at radius 3 is 2.37 bits per heavy atom. The van der Waals surface area contributed by atoms with E-state index in [0.29, 0.717) is 11.3 Å². The van der Waals surface area contributed by atoms with Gasteiger partial charge in [0.2, 0.25) is 0 Å². The van der Waals surface area contributed by atoms with Crippen molar-refractivity contribution in [1.29, 1.82) is 0 Å². The van der Waals surface area contributed by atoms with Crippen molar-refractivity contribution in [2.45, 2.75) is 6.92 Å². The van der Waals surface area contributed by atoms with Crippen molar-refractivity contribution in [3.63, 3.8) is 0 Å². The first-order valence-electron chi connectivity index (χ1n) is 5.65. The van der Waals surface area contributed by atoms with Gasteiger partial charge in [0.25, 0.3) is 5.91 Å². The van der Waals surface area contributed by atoms with E-state index in [1.165, 1.54) is 36.4 Å². The van der Waals surface area contributed by atoms with Crippen LogP contribution in [0.3, 0.4) is 0 Å². The van der Waals surface area contributed by atoms with Gasteiger partial charge in [-0.1, -0.05) is 12.1 Å². The Labute approximate surface area is 109 Å². The molecule has 0 atom stereocenters. The quantitative estimate of drug-likeness (QED) is 0.835. The fourth-order valence-corrected chi connectivity index (χ4v) is 1.64. The Kier molecular flexibility index (Phi) is 3.75. The van der Waals surface area contributed by atoms with Crippen molar-refractivity contribution in [2.24, 2.45) is 0 Å². The van der Waals surface area contributed by atoms with Crippen LogP contribution in [-0.2, 0) is 0 Å². The molecule has 3 nitrogen and oxygen atoms in total. The number of aryl methyl sites for hydroxylation is 1. The second-order valence-corrected chi connectivity index (χ2v) is 4.02. The molecule has 5 heteroatoms. The van der Waals surface area contributed by atoms with Crippen molar-refractivity contribution < 1.29 is 13.6 Å². The van der Waals surface area contributed by atoms with Gasteiger partial charge >= 0.3 is 0 Å². The lowest BCUT2D eigenvalue weighted by molar-refractivity contribution is 0.0958. The van der Waals surface area contributed by atoms with Crippen LogP contribution in [0.1, 0.15) is 15.9 Å². The first kappa shape index (κ1) is 13.0. The fourth-order valence-electron chi connectivity index (χ4n) is 1.64. The predicted octanol–water partition coefficient (Wildman–Crippen LogP) is 3.03. The second kappa shape index (κ2) is 5.48. The summed E-state index contributed by atoms with van der Waals surface area (Å²) in [4.78, 5) is 11.8. The zero-order valence-electron chi connectivity index (χ0n) is 10.2. The maximum Gasteiger partial charge on any atom is 0.272 e. The van der Waals surface area contributed by atoms with Gasteiger partial charge in [0, 0.05) is 0 Å². The van der Waals surface area contributed by atoms with Crippen LogP contribution in [0.2, 0.25) is 0 Å². The monoisotopic (exact) mass is 262 g/mol. The summed E-state index contributed by atoms with van der Waals surface area (Å²) in [5, 5.41) is 0. The molecular formula is C14H12F2N2O. The number of anilines is 1. The van der Waals surface area contributed by atoms with Crippen LogP contribution in [0.25, 0.3) is 0 Å². The van der Waals surface area contributed by atoms with E-state index in [1.54, 1.807) is 13.0 Å². The molecule has 2 rings (SSSR count). The molecule has 0 aliphatic carbocycles. The van der Waals surface area contributed by atoms with Gasteiger partial charge in [-0.05, 0) is 42.8 Å². The largest absolute Gasteiger partial charge is 0.298 e. The molecule has 0 saturated carbocycles. The van der Waals surface area contributed by atoms with Crippen LogP contribution in [0.4, 0.5) is 14.5 Å². The van der Waals surface area contributed by atoms with Gasteiger partial charge in [0.1, 0.15) is 11.6 Å². The molecule has 0 aromatic heterocycles. The highest BCUT2D eigenvalue weighted by molar-refractivity contribution is 5.96. The van der Waals surface area contributed by atoms with E-state index in [1.807, 2.05) is 0 Å². The van der Waals surface area contributed by atoms with Crippen molar-refractivity contribution in [3.8, 4) is 0 Å². The lowest BCUT2D eigenvalue weighted by Crippen LogP contribution is -2.30. The van der Waals surface area contributed by atoms with Crippen LogP contribution < -0.4 is 10.9 Å². The summed E-state index contributed by atoms with van der Waals surface area (Å²) < 4.78 is 26.2. The normalized spacial score (nSPS) is 10.1. The highest BCUT2D eigenvalue weighted by atomic mass is 19.1. The van der Waals surface area contributed by atoms with E-state index in [0.717, 1.165) is 0 Å². The van der Waals surface area contributed by atoms with E-state index >= 15 is 0 Å². The smallest absolute Gasteiger partial charge is 0.272 e. The summed E-state index contributed by atoms with van der Waals surface area (Å²) in [6.45, 7) is 1.65. The first-order valence-corrected chi connectivity index (χ1v) is 5.65. The summed E-state index contributed by atoms with van der Waals surface area (Å²) in [5.74, 6) is -1.54. The number of benzene rings is 2. The summed E-state index contributed by atoms with van der Waals surface area (Å²) in [6, 6.07) is 9.84. The topological polar surface area (TPSA) is 41.1 Å². The summed E-state index contributed by atoms with van der Waals surface area (Å²) in [6.07, 6.45) is 0. The minimum absolute atomic E-state index is 0.0166. The minimum Gasteiger partial charge on any atom is -0.298 e. The molecule has 2 aromatic carbocycles. The summed E-state index contributed by atoms with van der Waals surface area (Å²) >= 11 is 0. The molecule has 98 valence electrons. The molecule has 2 N–H and O–H groups in total. The molecule has 1 amide bonds. The van der Waals surface area contributed by atoms with Crippen LogP contribution in [0.5, 0.6) is 0 Å². The zero-order chi connectivity index (χ0) is 13.8. The van der Waals surface area contributed by atoms with E-state index in [4.69, 9.17) is 0 Å². The second-order valence-electron chi connectivity index (χ2n) is 4.02. The number of carbonyl (C=O) groups excluding carboxylic acids is 1. The Morgan fingerprint density at radius 1 is 1.05 bits per heavy atom. The molecule has 0 aliphatic rings. The molecule has 0 spiro atoms. The van der Waals surface area contributed by atoms with E-state index in [2.05, 4.69) is 10.9 Å². The van der Waals surface area contributed by atoms with Crippen molar-refractivity contribution in [3.05, 3.63) is 65.2 Å². The van der Waals surface area contributed by atoms with Gasteiger partial charge < -0.3 is 0 Å². The summed E-state index contributed by atoms with van der Waals surface area (Å²) in [5.41, 5.74) is 5.98. The molecular weight excluding hydrogens is 250 g/mol. The van der Waals surface area contributed by atoms with Crippen molar-refractivity contribution in [2.75, 3.05) is 5.43 Å². The van der Waals surface area contributed by atoms with Crippen LogP contribution in [0.15, 0.2) is 42.5 Å². The average molecular weight is 262 g/mol. The predicted molar refractivity (Wildman–Crippen MR) is 68.6 cm³/mol. The number of carbonyl (C=O) groups is 1. The van der Waals surface area contributed by atoms with Gasteiger partial charge in [0.05, 0.1) is 11.3 Å². The standard InChI is InChI=1S/C14H12F2N2O/c1-9-3-2-4-12(16)13(9)14(19)18-17-11-7-5-10(15)6-8-11/h2-8,17H,1H3,(H,18,19). The zero-order valence-corrected chi connectivity index (χ0v) is 10.2. The summed E-state index contributed by atoms with van der Waals surface area (Å²) in [7, 11) is 0. The molecule has 0 heterocycles. The molecule has 0 fully saturated rings. The van der Waals surface area contributed by atoms with E-state index in [-0.39, 0.29) is 11.4 Å². The van der Waals surface area contributed by atoms with Gasteiger partial charge in [-0.2, -0.15) is 0 Å². The van der Waals surface area contributed by atoms with Crippen LogP contribution in [-0.4, -0.2) is 5.91 Å². The number of nitrogens with one attached hydrogen (secondary N) is 2. The van der Waals surface area contributed by atoms with E-state index < -0.39 is 11.7 Å². The Balaban J connectivity index is 2.07. The molecule has 0 aliphatic heterocycles. The highest BCUT2D eigenvalue weighted by Gasteiger charge is 2.13. The van der Waals surface area contributed by atoms with Gasteiger partial charge in [0.15, 0.2) is 0 Å². The molecule has 0 unspecified atom stereocenters. The molecule has 2 aromatic rings. The maximum absolute atomic E-state index is 13.5. The molecule has 0 radical (unpaired) electrons. The van der Waals surface area contributed by atoms with Gasteiger partial charge in [-0.25, -0.2) is 8.78 Å². The minimum atomic E-state index is -0.585. The van der Waals surface area contributed by atoms with Crippen molar-refractivity contribution >= 4 is 11.6 Å². The lowest BCUT2D eigenvalue weighted by Gasteiger charge is -2.10. The highest BCUT2D eigenvalue weighted by Crippen LogP contribution is 2.13. The molecule has 19 heavy (non-hydrogen) atoms. The van der Waals surface area contributed by atoms with Crippen molar-refractivity contribution in [1.82, 2.24) is 5.43 Å². The average Bonchev–Trinajstić information content (AvgIpc) is 2.38. The number of rotatable bonds is 3. The maximum atomic E-state index is 13.5. The number of hydrogen-bond acceptors (Lipinski definition) is 2. The third-order valence-electron chi connectivity index (χ3n) is 2.61. The van der Waals surface area contributed by atoms with Crippen LogP contribution >= 0.6 is 0 Å². The van der Waals surface area contributed by atoms with E-state index in [9.17, 15) is 13.6 Å². The van der Waals surface area contributed by atoms with Crippen LogP contribution in [0, 0.1) is 18.6 Å². The number of halogens is 2. The third-order valence-corrected chi connectivity index (χ3v) is 2.61. The fraction of sp³-hybridized carbons (Fsp3) is 0.0714. The molecule has 0 saturated heterocycles. The Bertz CT molecular complexity index is 577. The first-order chi connectivity index (χ1) is 9.08. The van der Waals surface area contributed by atoms with Gasteiger partial charge in [-0.15, -0.1) is 0 Å². The number of hydrogen-bond donors (Lipinski definition) is 2. The Hall–Kier alpha value is -2.43. The van der Waals surface area contributed by atoms with Gasteiger partial charge in [-0.3, -0.25) is 15.6 Å². The lowest BCUT2D eigenvalue weighted by atomic mass is 10.1. The SMILES string of the molecule is Cc1cccc(F)c1C(=O)NNc1ccc(F)cc1. The number of amides is 1. The molecule has 0 bridgehead atoms.